The number of aromatic nitrogens is 3. The average Bonchev–Trinajstić information content (AvgIpc) is 3.27. The van der Waals surface area contributed by atoms with Crippen molar-refractivity contribution in [3.05, 3.63) is 24.2 Å². The van der Waals surface area contributed by atoms with Gasteiger partial charge in [0.05, 0.1) is 12.3 Å². The van der Waals surface area contributed by atoms with Crippen molar-refractivity contribution in [2.75, 3.05) is 12.3 Å². The van der Waals surface area contributed by atoms with Gasteiger partial charge in [-0.15, -0.1) is 0 Å². The molecule has 1 aliphatic rings. The normalized spacial score (nSPS) is 26.3. The van der Waals surface area contributed by atoms with Gasteiger partial charge in [-0.2, -0.15) is 10.4 Å². The van der Waals surface area contributed by atoms with Crippen LogP contribution in [0.15, 0.2) is 18.5 Å². The van der Waals surface area contributed by atoms with Gasteiger partial charge in [0.15, 0.2) is 22.5 Å². The summed E-state index contributed by atoms with van der Waals surface area (Å²) in [6.07, 6.45) is -0.820. The minimum absolute atomic E-state index is 0.0874. The third-order valence-corrected chi connectivity index (χ3v) is 17.0. The number of fused-ring (bicyclic) bond motifs is 1. The molecule has 11 heteroatoms. The largest absolute Gasteiger partial charge is 0.408 e. The Morgan fingerprint density at radius 1 is 1.11 bits per heavy atom. The zero-order valence-electron chi connectivity index (χ0n) is 22.7. The monoisotopic (exact) mass is 519 g/mol. The van der Waals surface area contributed by atoms with Gasteiger partial charge in [0.25, 0.3) is 0 Å². The molecule has 0 bridgehead atoms. The summed E-state index contributed by atoms with van der Waals surface area (Å²) < 4.78 is 21.9. The van der Waals surface area contributed by atoms with Crippen LogP contribution in [0.3, 0.4) is 0 Å². The molecule has 0 aromatic carbocycles. The first-order valence-electron chi connectivity index (χ1n) is 12.1. The molecule has 3 rings (SSSR count). The highest BCUT2D eigenvalue weighted by Gasteiger charge is 2.63. The van der Waals surface area contributed by atoms with Crippen molar-refractivity contribution in [3.8, 4) is 6.07 Å². The molecule has 4 atom stereocenters. The molecular formula is C24H41N5O4Si2. The van der Waals surface area contributed by atoms with Crippen LogP contribution < -0.4 is 5.73 Å². The van der Waals surface area contributed by atoms with Gasteiger partial charge >= 0.3 is 0 Å². The van der Waals surface area contributed by atoms with Gasteiger partial charge in [0, 0.05) is 0 Å². The van der Waals surface area contributed by atoms with Crippen LogP contribution >= 0.6 is 0 Å². The number of hydrogen-bond donors (Lipinski definition) is 2. The van der Waals surface area contributed by atoms with Gasteiger partial charge in [-0.3, -0.25) is 0 Å². The highest BCUT2D eigenvalue weighted by atomic mass is 28.4. The van der Waals surface area contributed by atoms with Crippen LogP contribution in [-0.4, -0.2) is 61.3 Å². The van der Waals surface area contributed by atoms with E-state index >= 15 is 0 Å². The van der Waals surface area contributed by atoms with E-state index in [1.54, 1.807) is 16.6 Å². The smallest absolute Gasteiger partial charge is 0.224 e. The molecule has 35 heavy (non-hydrogen) atoms. The van der Waals surface area contributed by atoms with Crippen molar-refractivity contribution in [1.82, 2.24) is 14.6 Å². The lowest BCUT2D eigenvalue weighted by atomic mass is 9.92. The average molecular weight is 520 g/mol. The SMILES string of the molecule is CC(C)(C)[Si](C)(C)O[C@@H]1C(CO)O[C@@](C#N)(c2ccc3c(N)ncnn23)[C@@H]1O[Si](C)(C)C(C)(C)C. The number of nitrogen functional groups attached to an aromatic ring is 1. The predicted molar refractivity (Wildman–Crippen MR) is 141 cm³/mol. The van der Waals surface area contributed by atoms with Crippen LogP contribution in [0.4, 0.5) is 5.82 Å². The van der Waals surface area contributed by atoms with Crippen LogP contribution in [0.5, 0.6) is 0 Å². The second kappa shape index (κ2) is 8.93. The van der Waals surface area contributed by atoms with Crippen LogP contribution in [0.25, 0.3) is 5.52 Å². The van der Waals surface area contributed by atoms with Crippen molar-refractivity contribution in [3.63, 3.8) is 0 Å². The van der Waals surface area contributed by atoms with Crippen molar-refractivity contribution < 1.29 is 18.7 Å². The molecule has 1 unspecified atom stereocenters. The summed E-state index contributed by atoms with van der Waals surface area (Å²) in [6.45, 7) is 21.2. The fourth-order valence-electron chi connectivity index (χ4n) is 3.83. The van der Waals surface area contributed by atoms with Crippen molar-refractivity contribution >= 4 is 28.0 Å². The number of nitrogens with two attached hydrogens (primary N) is 1. The van der Waals surface area contributed by atoms with E-state index in [1.165, 1.54) is 6.33 Å². The van der Waals surface area contributed by atoms with Crippen LogP contribution in [0, 0.1) is 11.3 Å². The van der Waals surface area contributed by atoms with E-state index in [-0.39, 0.29) is 16.7 Å². The third kappa shape index (κ3) is 4.68. The molecule has 1 fully saturated rings. The van der Waals surface area contributed by atoms with Crippen molar-refractivity contribution in [1.29, 1.82) is 5.26 Å². The number of aliphatic hydroxyl groups excluding tert-OH is 1. The zero-order chi connectivity index (χ0) is 26.6. The Kier molecular flexibility index (Phi) is 7.09. The summed E-state index contributed by atoms with van der Waals surface area (Å²) >= 11 is 0. The first-order chi connectivity index (χ1) is 15.9. The summed E-state index contributed by atoms with van der Waals surface area (Å²) in [5.41, 5.74) is 5.56. The first-order valence-corrected chi connectivity index (χ1v) is 17.9. The Hall–Kier alpha value is -1.82. The van der Waals surface area contributed by atoms with Crippen LogP contribution in [-0.2, 0) is 19.2 Å². The second-order valence-electron chi connectivity index (χ2n) is 12.5. The zero-order valence-corrected chi connectivity index (χ0v) is 24.7. The third-order valence-electron chi connectivity index (χ3n) is 8.08. The molecule has 9 nitrogen and oxygen atoms in total. The van der Waals surface area contributed by atoms with Gasteiger partial charge in [0.1, 0.15) is 36.2 Å². The molecule has 0 radical (unpaired) electrons. The Bertz CT molecular complexity index is 1120. The summed E-state index contributed by atoms with van der Waals surface area (Å²) in [5, 5.41) is 25.3. The number of nitriles is 1. The number of hydrogen-bond acceptors (Lipinski definition) is 8. The molecule has 3 N–H and O–H groups in total. The van der Waals surface area contributed by atoms with Gasteiger partial charge in [-0.1, -0.05) is 41.5 Å². The summed E-state index contributed by atoms with van der Waals surface area (Å²) in [6, 6.07) is 5.95. The Morgan fingerprint density at radius 3 is 2.20 bits per heavy atom. The number of aliphatic hydroxyl groups is 1. The fraction of sp³-hybridized carbons (Fsp3) is 0.708. The lowest BCUT2D eigenvalue weighted by Gasteiger charge is -2.45. The molecule has 194 valence electrons. The van der Waals surface area contributed by atoms with Gasteiger partial charge in [-0.25, -0.2) is 9.50 Å². The van der Waals surface area contributed by atoms with E-state index in [4.69, 9.17) is 19.3 Å². The quantitative estimate of drug-likeness (QED) is 0.543. The maximum absolute atomic E-state index is 10.7. The maximum Gasteiger partial charge on any atom is 0.224 e. The van der Waals surface area contributed by atoms with Crippen molar-refractivity contribution in [2.24, 2.45) is 0 Å². The Morgan fingerprint density at radius 2 is 1.69 bits per heavy atom. The minimum Gasteiger partial charge on any atom is -0.408 e. The summed E-state index contributed by atoms with van der Waals surface area (Å²) in [7, 11) is -4.75. The molecule has 1 saturated heterocycles. The molecule has 0 aliphatic carbocycles. The van der Waals surface area contributed by atoms with E-state index in [9.17, 15) is 10.4 Å². The van der Waals surface area contributed by atoms with E-state index in [0.29, 0.717) is 17.0 Å². The van der Waals surface area contributed by atoms with Gasteiger partial charge < -0.3 is 24.4 Å². The molecular weight excluding hydrogens is 478 g/mol. The molecule has 1 aliphatic heterocycles. The molecule has 0 saturated carbocycles. The predicted octanol–water partition coefficient (Wildman–Crippen LogP) is 4.20. The number of anilines is 1. The first kappa shape index (κ1) is 27.8. The standard InChI is InChI=1S/C24H41N5O4Si2/c1-22(2,3)34(7,8)32-19-17(13-30)31-24(14-25,20(19)33-35(9,10)23(4,5)6)18-12-11-16-21(26)27-15-28-29(16)18/h11-12,15,17,19-20,30H,13H2,1-10H3,(H2,26,27,28)/t17?,19-,20-,24+/m1/s1. The number of ether oxygens (including phenoxy) is 1. The topological polar surface area (TPSA) is 128 Å². The number of nitrogens with zero attached hydrogens (tertiary/aromatic N) is 4. The van der Waals surface area contributed by atoms with Gasteiger partial charge in [0.2, 0.25) is 5.60 Å². The molecule has 0 amide bonds. The molecule has 2 aromatic heterocycles. The summed E-state index contributed by atoms with van der Waals surface area (Å²) in [5.74, 6) is 0.298. The minimum atomic E-state index is -2.42. The summed E-state index contributed by atoms with van der Waals surface area (Å²) in [4.78, 5) is 4.07. The van der Waals surface area contributed by atoms with E-state index in [0.717, 1.165) is 0 Å². The van der Waals surface area contributed by atoms with E-state index < -0.39 is 40.5 Å². The Balaban J connectivity index is 2.25. The lowest BCUT2D eigenvalue weighted by Crippen LogP contribution is -2.56. The van der Waals surface area contributed by atoms with E-state index in [2.05, 4.69) is 83.9 Å². The van der Waals surface area contributed by atoms with Crippen molar-refractivity contribution in [2.45, 2.75) is 102 Å². The van der Waals surface area contributed by atoms with E-state index in [1.807, 2.05) is 0 Å². The molecule has 2 aromatic rings. The van der Waals surface area contributed by atoms with Gasteiger partial charge in [-0.05, 0) is 48.4 Å². The maximum atomic E-state index is 10.7. The fourth-order valence-corrected chi connectivity index (χ4v) is 6.42. The highest BCUT2D eigenvalue weighted by molar-refractivity contribution is 6.74. The van der Waals surface area contributed by atoms with Crippen LogP contribution in [0.2, 0.25) is 36.3 Å². The van der Waals surface area contributed by atoms with Crippen LogP contribution in [0.1, 0.15) is 47.2 Å². The molecule has 3 heterocycles. The Labute approximate surface area is 210 Å². The second-order valence-corrected chi connectivity index (χ2v) is 22.0. The highest BCUT2D eigenvalue weighted by Crippen LogP contribution is 2.49. The lowest BCUT2D eigenvalue weighted by molar-refractivity contribution is -0.0620. The number of rotatable bonds is 6. The molecule has 0 spiro atoms.